The predicted molar refractivity (Wildman–Crippen MR) is 106 cm³/mol. The Balaban J connectivity index is 1.66. The highest BCUT2D eigenvalue weighted by Gasteiger charge is 2.68. The third kappa shape index (κ3) is 4.41. The van der Waals surface area contributed by atoms with E-state index in [1.807, 2.05) is 25.1 Å². The Kier molecular flexibility index (Phi) is 5.57. The predicted octanol–water partition coefficient (Wildman–Crippen LogP) is 6.45. The van der Waals surface area contributed by atoms with Crippen LogP contribution in [-0.2, 0) is 10.2 Å². The summed E-state index contributed by atoms with van der Waals surface area (Å²) >= 11 is 6.23. The molecule has 0 spiro atoms. The van der Waals surface area contributed by atoms with Crippen LogP contribution in [0.3, 0.4) is 0 Å². The molecular formula is C22H22ClF2NO2. The molecule has 0 radical (unpaired) electrons. The highest BCUT2D eigenvalue weighted by Crippen LogP contribution is 2.61. The van der Waals surface area contributed by atoms with Crippen molar-refractivity contribution >= 4 is 23.5 Å². The molecule has 1 aliphatic carbocycles. The first-order valence-corrected chi connectivity index (χ1v) is 9.48. The number of hydrogen-bond acceptors (Lipinski definition) is 3. The second-order valence-electron chi connectivity index (χ2n) is 7.63. The summed E-state index contributed by atoms with van der Waals surface area (Å²) in [6.07, 6.45) is 5.86. The Morgan fingerprint density at radius 1 is 1.36 bits per heavy atom. The van der Waals surface area contributed by atoms with Crippen molar-refractivity contribution in [2.24, 2.45) is 5.92 Å². The summed E-state index contributed by atoms with van der Waals surface area (Å²) in [5, 5.41) is 0.269. The molecule has 6 heteroatoms. The van der Waals surface area contributed by atoms with Crippen LogP contribution in [0.5, 0.6) is 11.6 Å². The van der Waals surface area contributed by atoms with Gasteiger partial charge in [-0.05, 0) is 49.1 Å². The van der Waals surface area contributed by atoms with Crippen molar-refractivity contribution in [1.29, 1.82) is 0 Å². The zero-order chi connectivity index (χ0) is 20.5. The molecule has 28 heavy (non-hydrogen) atoms. The van der Waals surface area contributed by atoms with E-state index in [-0.39, 0.29) is 23.1 Å². The minimum absolute atomic E-state index is 0.154. The Morgan fingerprint density at radius 3 is 2.61 bits per heavy atom. The summed E-state index contributed by atoms with van der Waals surface area (Å²) in [6.45, 7) is 5.09. The van der Waals surface area contributed by atoms with E-state index in [1.54, 1.807) is 31.3 Å². The number of ether oxygens (including phenoxy) is 1. The largest absolute Gasteiger partial charge is 0.437 e. The molecule has 148 valence electrons. The number of rotatable bonds is 7. The van der Waals surface area contributed by atoms with Crippen LogP contribution in [0.2, 0.25) is 5.02 Å². The topological polar surface area (TPSA) is 39.2 Å². The average Bonchev–Trinajstić information content (AvgIpc) is 3.14. The number of halogens is 3. The van der Waals surface area contributed by atoms with Gasteiger partial charge in [0.25, 0.3) is 5.92 Å². The van der Waals surface area contributed by atoms with Gasteiger partial charge in [0.05, 0.1) is 10.4 Å². The number of allylic oxidation sites excluding steroid dienone is 1. The highest BCUT2D eigenvalue weighted by molar-refractivity contribution is 6.32. The molecule has 3 rings (SSSR count). The van der Waals surface area contributed by atoms with E-state index in [0.717, 1.165) is 5.56 Å². The van der Waals surface area contributed by atoms with Crippen LogP contribution in [0.25, 0.3) is 6.08 Å². The second kappa shape index (κ2) is 7.63. The van der Waals surface area contributed by atoms with Gasteiger partial charge in [-0.3, -0.25) is 0 Å². The number of Topliss-reactive ketones (excluding diaryl/α,β-unsaturated/α-hetero) is 1. The average molecular weight is 406 g/mol. The van der Waals surface area contributed by atoms with Crippen LogP contribution in [0.15, 0.2) is 42.6 Å². The number of ketones is 1. The summed E-state index contributed by atoms with van der Waals surface area (Å²) < 4.78 is 32.8. The maximum absolute atomic E-state index is 13.6. The van der Waals surface area contributed by atoms with Gasteiger partial charge in [-0.15, -0.1) is 0 Å². The number of benzene rings is 1. The van der Waals surface area contributed by atoms with Crippen molar-refractivity contribution in [1.82, 2.24) is 4.98 Å². The van der Waals surface area contributed by atoms with Gasteiger partial charge in [-0.25, -0.2) is 13.8 Å². The normalized spacial score (nSPS) is 21.5. The number of carbonyl (C=O) groups is 1. The quantitative estimate of drug-likeness (QED) is 0.531. The lowest BCUT2D eigenvalue weighted by Gasteiger charge is -2.13. The monoisotopic (exact) mass is 405 g/mol. The molecule has 2 atom stereocenters. The number of aromatic nitrogens is 1. The fourth-order valence-corrected chi connectivity index (χ4v) is 3.32. The summed E-state index contributed by atoms with van der Waals surface area (Å²) in [4.78, 5) is 15.4. The lowest BCUT2D eigenvalue weighted by atomic mass is 9.97. The summed E-state index contributed by atoms with van der Waals surface area (Å²) in [7, 11) is 0. The van der Waals surface area contributed by atoms with Gasteiger partial charge < -0.3 is 9.53 Å². The van der Waals surface area contributed by atoms with Crippen LogP contribution < -0.4 is 4.74 Å². The number of alkyl halides is 2. The fraction of sp³-hybridized carbons (Fsp3) is 0.364. The molecule has 1 saturated carbocycles. The molecule has 3 nitrogen and oxygen atoms in total. The van der Waals surface area contributed by atoms with Gasteiger partial charge in [-0.1, -0.05) is 36.7 Å². The maximum Gasteiger partial charge on any atom is 0.258 e. The van der Waals surface area contributed by atoms with Gasteiger partial charge in [0, 0.05) is 25.1 Å². The molecule has 0 amide bonds. The standard InChI is InChI=1S/C22H22ClF2NO2/c1-14(10-15(2)27)4-5-16-6-9-20(26-12-16)28-19-8-7-17(11-18(19)23)21(3)13-22(21,24)25/h4-9,11-12,14H,10,13H2,1-3H3/b5-4+/t14-,21?/m0/s1. The van der Waals surface area contributed by atoms with E-state index in [4.69, 9.17) is 16.3 Å². The molecular weight excluding hydrogens is 384 g/mol. The molecule has 1 unspecified atom stereocenters. The van der Waals surface area contributed by atoms with Gasteiger partial charge in [0.15, 0.2) is 0 Å². The molecule has 0 bridgehead atoms. The minimum Gasteiger partial charge on any atom is -0.437 e. The molecule has 1 aromatic carbocycles. The SMILES string of the molecule is CC(=O)C[C@@H](C)/C=C/c1ccc(Oc2ccc(C3(C)CC3(F)F)cc2Cl)nc1. The molecule has 0 saturated heterocycles. The number of nitrogens with zero attached hydrogens (tertiary/aromatic N) is 1. The molecule has 2 aromatic rings. The van der Waals surface area contributed by atoms with Crippen molar-refractivity contribution in [2.45, 2.75) is 45.0 Å². The third-order valence-electron chi connectivity index (χ3n) is 5.03. The first-order chi connectivity index (χ1) is 13.1. The summed E-state index contributed by atoms with van der Waals surface area (Å²) in [5.74, 6) is -1.66. The molecule has 0 aliphatic heterocycles. The van der Waals surface area contributed by atoms with E-state index in [9.17, 15) is 13.6 Å². The Labute approximate surface area is 168 Å². The first kappa shape index (κ1) is 20.5. The third-order valence-corrected chi connectivity index (χ3v) is 5.32. The van der Waals surface area contributed by atoms with Crippen LogP contribution in [-0.4, -0.2) is 16.7 Å². The van der Waals surface area contributed by atoms with Crippen LogP contribution in [0.1, 0.15) is 44.7 Å². The number of carbonyl (C=O) groups excluding carboxylic acids is 1. The Hall–Kier alpha value is -2.27. The first-order valence-electron chi connectivity index (χ1n) is 9.10. The lowest BCUT2D eigenvalue weighted by molar-refractivity contribution is -0.117. The summed E-state index contributed by atoms with van der Waals surface area (Å²) in [5.41, 5.74) is 0.233. The Bertz CT molecular complexity index is 911. The molecule has 1 heterocycles. The Morgan fingerprint density at radius 2 is 2.07 bits per heavy atom. The highest BCUT2D eigenvalue weighted by atomic mass is 35.5. The van der Waals surface area contributed by atoms with Crippen LogP contribution in [0.4, 0.5) is 8.78 Å². The van der Waals surface area contributed by atoms with E-state index in [1.165, 1.54) is 13.0 Å². The van der Waals surface area contributed by atoms with E-state index in [0.29, 0.717) is 23.6 Å². The van der Waals surface area contributed by atoms with Crippen LogP contribution >= 0.6 is 11.6 Å². The molecule has 1 fully saturated rings. The molecule has 1 aliphatic rings. The molecule has 1 aromatic heterocycles. The minimum atomic E-state index is -2.69. The van der Waals surface area contributed by atoms with Gasteiger partial charge in [0.1, 0.15) is 11.5 Å². The van der Waals surface area contributed by atoms with Crippen molar-refractivity contribution in [3.05, 3.63) is 58.8 Å². The lowest BCUT2D eigenvalue weighted by Crippen LogP contribution is -2.11. The van der Waals surface area contributed by atoms with Gasteiger partial charge in [-0.2, -0.15) is 0 Å². The summed E-state index contributed by atoms with van der Waals surface area (Å²) in [6, 6.07) is 8.29. The zero-order valence-corrected chi connectivity index (χ0v) is 16.8. The maximum atomic E-state index is 13.6. The smallest absolute Gasteiger partial charge is 0.258 e. The number of pyridine rings is 1. The zero-order valence-electron chi connectivity index (χ0n) is 16.0. The van der Waals surface area contributed by atoms with Crippen molar-refractivity contribution in [3.8, 4) is 11.6 Å². The van der Waals surface area contributed by atoms with Crippen molar-refractivity contribution in [2.75, 3.05) is 0 Å². The van der Waals surface area contributed by atoms with Crippen molar-refractivity contribution in [3.63, 3.8) is 0 Å². The van der Waals surface area contributed by atoms with Gasteiger partial charge in [0.2, 0.25) is 5.88 Å². The second-order valence-corrected chi connectivity index (χ2v) is 8.04. The molecule has 0 N–H and O–H groups in total. The number of hydrogen-bond donors (Lipinski definition) is 0. The fourth-order valence-electron chi connectivity index (χ4n) is 3.10. The van der Waals surface area contributed by atoms with Crippen molar-refractivity contribution < 1.29 is 18.3 Å². The van der Waals surface area contributed by atoms with Gasteiger partial charge >= 0.3 is 0 Å². The van der Waals surface area contributed by atoms with E-state index < -0.39 is 11.3 Å². The van der Waals surface area contributed by atoms with E-state index in [2.05, 4.69) is 4.98 Å². The van der Waals surface area contributed by atoms with E-state index >= 15 is 0 Å². The van der Waals surface area contributed by atoms with Crippen LogP contribution in [0, 0.1) is 5.92 Å².